The molecule has 3 aromatic rings. The van der Waals surface area contributed by atoms with Gasteiger partial charge >= 0.3 is 0 Å². The molecule has 0 unspecified atom stereocenters. The number of anilines is 3. The van der Waals surface area contributed by atoms with Gasteiger partial charge in [0.15, 0.2) is 5.82 Å². The van der Waals surface area contributed by atoms with Gasteiger partial charge in [-0.25, -0.2) is 19.3 Å². The minimum absolute atomic E-state index is 0.0902. The largest absolute Gasteiger partial charge is 0.370 e. The molecule has 0 saturated carbocycles. The average Bonchev–Trinajstić information content (AvgIpc) is 3.62. The van der Waals surface area contributed by atoms with Gasteiger partial charge < -0.3 is 25.4 Å². The number of hydrogen-bond acceptors (Lipinski definition) is 7. The normalized spacial score (nSPS) is 17.9. The first-order chi connectivity index (χ1) is 18.5. The lowest BCUT2D eigenvalue weighted by atomic mass is 9.93. The zero-order valence-corrected chi connectivity index (χ0v) is 21.2. The van der Waals surface area contributed by atoms with Gasteiger partial charge in [-0.2, -0.15) is 0 Å². The molecule has 3 aliphatic heterocycles. The fraction of sp³-hybridized carbons (Fsp3) is 0.444. The second-order valence-corrected chi connectivity index (χ2v) is 10.2. The number of carbonyl (C=O) groups is 2. The van der Waals surface area contributed by atoms with Gasteiger partial charge in [-0.15, -0.1) is 0 Å². The van der Waals surface area contributed by atoms with Gasteiger partial charge in [-0.1, -0.05) is 0 Å². The van der Waals surface area contributed by atoms with Crippen LogP contribution in [0, 0.1) is 11.7 Å². The summed E-state index contributed by atoms with van der Waals surface area (Å²) in [6.45, 7) is 4.17. The summed E-state index contributed by atoms with van der Waals surface area (Å²) in [5, 5.41) is 5.83. The smallest absolute Gasteiger partial charge is 0.253 e. The fourth-order valence-corrected chi connectivity index (χ4v) is 5.54. The van der Waals surface area contributed by atoms with Gasteiger partial charge in [0.05, 0.1) is 29.3 Å². The first kappa shape index (κ1) is 24.3. The van der Waals surface area contributed by atoms with E-state index in [1.807, 2.05) is 17.0 Å². The molecule has 2 amide bonds. The third-order valence-corrected chi connectivity index (χ3v) is 7.69. The molecule has 0 aromatic carbocycles. The Kier molecular flexibility index (Phi) is 6.65. The molecule has 0 bridgehead atoms. The van der Waals surface area contributed by atoms with Crippen molar-refractivity contribution in [2.45, 2.75) is 38.5 Å². The number of aromatic nitrogens is 4. The lowest BCUT2D eigenvalue weighted by Gasteiger charge is -2.33. The molecule has 198 valence electrons. The van der Waals surface area contributed by atoms with Crippen molar-refractivity contribution in [1.82, 2.24) is 30.2 Å². The highest BCUT2D eigenvalue weighted by atomic mass is 19.1. The first-order valence-electron chi connectivity index (χ1n) is 13.3. The predicted molar refractivity (Wildman–Crippen MR) is 141 cm³/mol. The molecule has 0 aliphatic carbocycles. The summed E-state index contributed by atoms with van der Waals surface area (Å²) in [5.41, 5.74) is 2.83. The molecule has 6 heterocycles. The Hall–Kier alpha value is -4.02. The summed E-state index contributed by atoms with van der Waals surface area (Å²) < 4.78 is 14.6. The molecule has 2 saturated heterocycles. The van der Waals surface area contributed by atoms with Crippen molar-refractivity contribution in [3.8, 4) is 11.4 Å². The van der Waals surface area contributed by atoms with E-state index in [0.29, 0.717) is 48.3 Å². The molecule has 6 rings (SSSR count). The minimum Gasteiger partial charge on any atom is -0.370 e. The average molecular weight is 519 g/mol. The van der Waals surface area contributed by atoms with Crippen molar-refractivity contribution in [1.29, 1.82) is 0 Å². The van der Waals surface area contributed by atoms with Crippen LogP contribution in [0.3, 0.4) is 0 Å². The van der Waals surface area contributed by atoms with Crippen molar-refractivity contribution >= 4 is 29.3 Å². The van der Waals surface area contributed by atoms with Crippen LogP contribution in [0.15, 0.2) is 30.6 Å². The fourth-order valence-electron chi connectivity index (χ4n) is 5.54. The number of rotatable bonds is 6. The van der Waals surface area contributed by atoms with E-state index < -0.39 is 5.82 Å². The maximum absolute atomic E-state index is 14.6. The van der Waals surface area contributed by atoms with Crippen LogP contribution in [0.1, 0.15) is 48.2 Å². The Balaban J connectivity index is 1.07. The maximum Gasteiger partial charge on any atom is 0.253 e. The topological polar surface area (TPSA) is 119 Å². The number of halogens is 1. The first-order valence-corrected chi connectivity index (χ1v) is 13.3. The van der Waals surface area contributed by atoms with Crippen LogP contribution in [0.25, 0.3) is 11.4 Å². The van der Waals surface area contributed by atoms with Crippen molar-refractivity contribution < 1.29 is 14.0 Å². The second-order valence-electron chi connectivity index (χ2n) is 10.2. The Morgan fingerprint density at radius 3 is 2.66 bits per heavy atom. The zero-order valence-electron chi connectivity index (χ0n) is 21.2. The number of nitrogens with one attached hydrogen (secondary N) is 3. The van der Waals surface area contributed by atoms with E-state index >= 15 is 0 Å². The second kappa shape index (κ2) is 10.4. The number of likely N-dealkylation sites (tertiary alicyclic amines) is 1. The summed E-state index contributed by atoms with van der Waals surface area (Å²) in [6.07, 6.45) is 8.48. The number of carbonyl (C=O) groups excluding carboxylic acids is 2. The van der Waals surface area contributed by atoms with Gasteiger partial charge in [0, 0.05) is 51.3 Å². The van der Waals surface area contributed by atoms with Crippen LogP contribution in [0.5, 0.6) is 0 Å². The van der Waals surface area contributed by atoms with E-state index in [2.05, 4.69) is 35.5 Å². The molecule has 2 fully saturated rings. The molecule has 11 heteroatoms. The summed E-state index contributed by atoms with van der Waals surface area (Å²) in [6, 6.07) is 5.47. The van der Waals surface area contributed by atoms with Gasteiger partial charge in [-0.3, -0.25) is 9.59 Å². The summed E-state index contributed by atoms with van der Waals surface area (Å²) in [4.78, 5) is 44.9. The SMILES string of the molecule is O=C1NCCc2[nH]c(-c3nc(Nc4ccc(N5CCC(CC(=O)N6CCCC6)CC5)cn4)ncc3F)cc21. The molecule has 38 heavy (non-hydrogen) atoms. The molecule has 3 N–H and O–H groups in total. The number of nitrogens with zero attached hydrogens (tertiary/aromatic N) is 5. The van der Waals surface area contributed by atoms with Crippen molar-refractivity contribution in [3.05, 3.63) is 47.7 Å². The summed E-state index contributed by atoms with van der Waals surface area (Å²) in [7, 11) is 0. The number of H-pyrrole nitrogens is 1. The third-order valence-electron chi connectivity index (χ3n) is 7.69. The molecule has 0 spiro atoms. The Bertz CT molecular complexity index is 1330. The highest BCUT2D eigenvalue weighted by Crippen LogP contribution is 2.28. The Labute approximate surface area is 220 Å². The van der Waals surface area contributed by atoms with E-state index in [0.717, 1.165) is 69.4 Å². The van der Waals surface area contributed by atoms with Gasteiger partial charge in [-0.05, 0) is 49.8 Å². The van der Waals surface area contributed by atoms with Gasteiger partial charge in [0.2, 0.25) is 11.9 Å². The minimum atomic E-state index is -0.580. The summed E-state index contributed by atoms with van der Waals surface area (Å²) >= 11 is 0. The van der Waals surface area contributed by atoms with Crippen LogP contribution < -0.4 is 15.5 Å². The molecular weight excluding hydrogens is 487 g/mol. The van der Waals surface area contributed by atoms with E-state index in [4.69, 9.17) is 0 Å². The van der Waals surface area contributed by atoms with Crippen LogP contribution in [0.2, 0.25) is 0 Å². The van der Waals surface area contributed by atoms with E-state index in [9.17, 15) is 14.0 Å². The lowest BCUT2D eigenvalue weighted by molar-refractivity contribution is -0.131. The molecule has 0 atom stereocenters. The van der Waals surface area contributed by atoms with Crippen LogP contribution in [-0.2, 0) is 11.2 Å². The van der Waals surface area contributed by atoms with Crippen LogP contribution in [0.4, 0.5) is 21.8 Å². The Morgan fingerprint density at radius 2 is 1.92 bits per heavy atom. The monoisotopic (exact) mass is 518 g/mol. The van der Waals surface area contributed by atoms with Gasteiger partial charge in [0.1, 0.15) is 11.5 Å². The van der Waals surface area contributed by atoms with Crippen molar-refractivity contribution in [3.63, 3.8) is 0 Å². The van der Waals surface area contributed by atoms with E-state index in [1.165, 1.54) is 0 Å². The van der Waals surface area contributed by atoms with E-state index in [-0.39, 0.29) is 17.5 Å². The number of amides is 2. The van der Waals surface area contributed by atoms with Crippen LogP contribution >= 0.6 is 0 Å². The highest BCUT2D eigenvalue weighted by Gasteiger charge is 2.26. The van der Waals surface area contributed by atoms with E-state index in [1.54, 1.807) is 12.3 Å². The van der Waals surface area contributed by atoms with Gasteiger partial charge in [0.25, 0.3) is 5.91 Å². The summed E-state index contributed by atoms with van der Waals surface area (Å²) in [5.74, 6) is 0.752. The number of hydrogen-bond donors (Lipinski definition) is 3. The van der Waals surface area contributed by atoms with Crippen molar-refractivity contribution in [2.75, 3.05) is 42.9 Å². The molecule has 10 nitrogen and oxygen atoms in total. The van der Waals surface area contributed by atoms with Crippen LogP contribution in [-0.4, -0.2) is 69.4 Å². The molecule has 0 radical (unpaired) electrons. The number of pyridine rings is 1. The quantitative estimate of drug-likeness (QED) is 0.458. The zero-order chi connectivity index (χ0) is 26.1. The number of piperidine rings is 1. The highest BCUT2D eigenvalue weighted by molar-refractivity contribution is 5.97. The third kappa shape index (κ3) is 5.05. The molecular formula is C27H31FN8O2. The Morgan fingerprint density at radius 1 is 1.11 bits per heavy atom. The predicted octanol–water partition coefficient (Wildman–Crippen LogP) is 3.26. The maximum atomic E-state index is 14.6. The molecule has 3 aliphatic rings. The standard InChI is InChI=1S/C27H31FN8O2/c28-20-16-31-27(34-25(20)22-14-19-21(32-22)5-8-29-26(19)38)33-23-4-3-18(15-30-23)35-11-6-17(7-12-35)13-24(37)36-9-1-2-10-36/h3-4,14-17,32H,1-2,5-13H2,(H,29,38)(H,30,31,33,34). The number of aromatic amines is 1. The van der Waals surface area contributed by atoms with Crippen molar-refractivity contribution in [2.24, 2.45) is 5.92 Å². The lowest BCUT2D eigenvalue weighted by Crippen LogP contribution is -2.36. The molecule has 3 aromatic heterocycles. The number of fused-ring (bicyclic) bond motifs is 1.